The van der Waals surface area contributed by atoms with Crippen LogP contribution in [0.5, 0.6) is 0 Å². The average molecular weight is 193 g/mol. The number of aryl methyl sites for hydroxylation is 1. The Bertz CT molecular complexity index is 301. The first-order valence-electron chi connectivity index (χ1n) is 5.19. The van der Waals surface area contributed by atoms with Crippen molar-refractivity contribution in [2.45, 2.75) is 25.4 Å². The number of hydrogen-bond acceptors (Lipinski definition) is 1. The maximum Gasteiger partial charge on any atom is 0.139 e. The number of nitrogens with one attached hydrogen (secondary N) is 1. The van der Waals surface area contributed by atoms with Crippen molar-refractivity contribution in [1.82, 2.24) is 5.32 Å². The van der Waals surface area contributed by atoms with Crippen molar-refractivity contribution in [2.75, 3.05) is 13.1 Å². The van der Waals surface area contributed by atoms with E-state index in [0.717, 1.165) is 12.0 Å². The van der Waals surface area contributed by atoms with Crippen LogP contribution < -0.4 is 5.32 Å². The number of halogens is 1. The molecule has 1 aromatic carbocycles. The van der Waals surface area contributed by atoms with E-state index >= 15 is 0 Å². The van der Waals surface area contributed by atoms with E-state index < -0.39 is 5.67 Å². The molecule has 2 rings (SSSR count). The second kappa shape index (κ2) is 3.70. The fourth-order valence-electron chi connectivity index (χ4n) is 1.78. The topological polar surface area (TPSA) is 12.0 Å². The van der Waals surface area contributed by atoms with Crippen molar-refractivity contribution < 1.29 is 4.39 Å². The maximum absolute atomic E-state index is 13.7. The Balaban J connectivity index is 2.02. The summed E-state index contributed by atoms with van der Waals surface area (Å²) in [6, 6.07) is 8.26. The van der Waals surface area contributed by atoms with Gasteiger partial charge in [-0.2, -0.15) is 0 Å². The van der Waals surface area contributed by atoms with Crippen LogP contribution >= 0.6 is 0 Å². The highest BCUT2D eigenvalue weighted by Gasteiger charge is 2.36. The SMILES string of the molecule is CCc1ccc(CC2(F)CNC2)cc1. The van der Waals surface area contributed by atoms with Gasteiger partial charge < -0.3 is 5.32 Å². The van der Waals surface area contributed by atoms with Gasteiger partial charge in [0.1, 0.15) is 5.67 Å². The van der Waals surface area contributed by atoms with Crippen molar-refractivity contribution in [3.63, 3.8) is 0 Å². The van der Waals surface area contributed by atoms with E-state index in [1.807, 2.05) is 12.1 Å². The fraction of sp³-hybridized carbons (Fsp3) is 0.500. The van der Waals surface area contributed by atoms with Crippen molar-refractivity contribution in [1.29, 1.82) is 0 Å². The van der Waals surface area contributed by atoms with Crippen LogP contribution in [0.1, 0.15) is 18.1 Å². The van der Waals surface area contributed by atoms with E-state index in [1.165, 1.54) is 5.56 Å². The van der Waals surface area contributed by atoms with Crippen molar-refractivity contribution in [2.24, 2.45) is 0 Å². The summed E-state index contributed by atoms with van der Waals surface area (Å²) in [5.41, 5.74) is 1.42. The molecule has 0 amide bonds. The zero-order chi connectivity index (χ0) is 10.0. The predicted molar refractivity (Wildman–Crippen MR) is 56.2 cm³/mol. The van der Waals surface area contributed by atoms with E-state index in [4.69, 9.17) is 0 Å². The largest absolute Gasteiger partial charge is 0.310 e. The molecule has 1 aromatic rings. The summed E-state index contributed by atoms with van der Waals surface area (Å²) in [6.45, 7) is 3.13. The monoisotopic (exact) mass is 193 g/mol. The van der Waals surface area contributed by atoms with Crippen molar-refractivity contribution >= 4 is 0 Å². The summed E-state index contributed by atoms with van der Waals surface area (Å²) in [7, 11) is 0. The summed E-state index contributed by atoms with van der Waals surface area (Å²) >= 11 is 0. The summed E-state index contributed by atoms with van der Waals surface area (Å²) in [5.74, 6) is 0. The highest BCUT2D eigenvalue weighted by atomic mass is 19.1. The third-order valence-corrected chi connectivity index (χ3v) is 2.84. The molecule has 1 saturated heterocycles. The molecule has 1 N–H and O–H groups in total. The second-order valence-electron chi connectivity index (χ2n) is 4.10. The number of alkyl halides is 1. The van der Waals surface area contributed by atoms with Crippen LogP contribution in [0.25, 0.3) is 0 Å². The molecular weight excluding hydrogens is 177 g/mol. The Labute approximate surface area is 84.3 Å². The zero-order valence-electron chi connectivity index (χ0n) is 8.52. The van der Waals surface area contributed by atoms with Gasteiger partial charge in [0.05, 0.1) is 0 Å². The van der Waals surface area contributed by atoms with Crippen LogP contribution in [-0.4, -0.2) is 18.8 Å². The maximum atomic E-state index is 13.7. The quantitative estimate of drug-likeness (QED) is 0.775. The van der Waals surface area contributed by atoms with E-state index in [0.29, 0.717) is 19.5 Å². The summed E-state index contributed by atoms with van der Waals surface area (Å²) in [4.78, 5) is 0. The lowest BCUT2D eigenvalue weighted by molar-refractivity contribution is 0.0912. The Morgan fingerprint density at radius 2 is 1.79 bits per heavy atom. The standard InChI is InChI=1S/C12H16FN/c1-2-10-3-5-11(6-4-10)7-12(13)8-14-9-12/h3-6,14H,2,7-9H2,1H3. The van der Waals surface area contributed by atoms with Gasteiger partial charge in [-0.3, -0.25) is 0 Å². The first-order chi connectivity index (χ1) is 6.72. The molecule has 0 unspecified atom stereocenters. The van der Waals surface area contributed by atoms with E-state index in [2.05, 4.69) is 24.4 Å². The van der Waals surface area contributed by atoms with Gasteiger partial charge in [0, 0.05) is 19.5 Å². The lowest BCUT2D eigenvalue weighted by atomic mass is 9.90. The van der Waals surface area contributed by atoms with Gasteiger partial charge in [-0.05, 0) is 17.5 Å². The molecule has 1 aliphatic rings. The number of rotatable bonds is 3. The highest BCUT2D eigenvalue weighted by Crippen LogP contribution is 2.22. The fourth-order valence-corrected chi connectivity index (χ4v) is 1.78. The Morgan fingerprint density at radius 3 is 2.21 bits per heavy atom. The minimum absolute atomic E-state index is 0.503. The van der Waals surface area contributed by atoms with Crippen LogP contribution in [0.15, 0.2) is 24.3 Å². The second-order valence-corrected chi connectivity index (χ2v) is 4.10. The average Bonchev–Trinajstić information content (AvgIpc) is 2.17. The molecule has 1 aliphatic heterocycles. The smallest absolute Gasteiger partial charge is 0.139 e. The van der Waals surface area contributed by atoms with Crippen molar-refractivity contribution in [3.8, 4) is 0 Å². The molecule has 0 radical (unpaired) electrons. The van der Waals surface area contributed by atoms with Gasteiger partial charge in [-0.15, -0.1) is 0 Å². The minimum Gasteiger partial charge on any atom is -0.310 e. The molecular formula is C12H16FN. The first kappa shape index (κ1) is 9.66. The lowest BCUT2D eigenvalue weighted by Gasteiger charge is -2.35. The van der Waals surface area contributed by atoms with E-state index in [-0.39, 0.29) is 0 Å². The summed E-state index contributed by atoms with van der Waals surface area (Å²) in [5, 5.41) is 2.97. The van der Waals surface area contributed by atoms with Gasteiger partial charge in [0.15, 0.2) is 0 Å². The molecule has 14 heavy (non-hydrogen) atoms. The molecule has 0 saturated carbocycles. The molecule has 76 valence electrons. The van der Waals surface area contributed by atoms with E-state index in [1.54, 1.807) is 0 Å². The van der Waals surface area contributed by atoms with Crippen LogP contribution in [0.3, 0.4) is 0 Å². The molecule has 0 aliphatic carbocycles. The van der Waals surface area contributed by atoms with Gasteiger partial charge in [-0.1, -0.05) is 31.2 Å². The third kappa shape index (κ3) is 1.95. The third-order valence-electron chi connectivity index (χ3n) is 2.84. The molecule has 1 fully saturated rings. The number of benzene rings is 1. The zero-order valence-corrected chi connectivity index (χ0v) is 8.52. The molecule has 1 heterocycles. The molecule has 2 heteroatoms. The van der Waals surface area contributed by atoms with Crippen LogP contribution in [-0.2, 0) is 12.8 Å². The molecule has 0 aromatic heterocycles. The van der Waals surface area contributed by atoms with Crippen LogP contribution in [0, 0.1) is 0 Å². The van der Waals surface area contributed by atoms with Gasteiger partial charge in [-0.25, -0.2) is 4.39 Å². The summed E-state index contributed by atoms with van der Waals surface area (Å²) in [6.07, 6.45) is 1.59. The minimum atomic E-state index is -0.992. The molecule has 0 atom stereocenters. The summed E-state index contributed by atoms with van der Waals surface area (Å²) < 4.78 is 13.7. The first-order valence-corrected chi connectivity index (χ1v) is 5.19. The van der Waals surface area contributed by atoms with Crippen LogP contribution in [0.2, 0.25) is 0 Å². The van der Waals surface area contributed by atoms with E-state index in [9.17, 15) is 4.39 Å². The molecule has 0 bridgehead atoms. The predicted octanol–water partition coefficient (Wildman–Crippen LogP) is 2.10. The Morgan fingerprint density at radius 1 is 1.21 bits per heavy atom. The molecule has 1 nitrogen and oxygen atoms in total. The normalized spacial score (nSPS) is 19.0. The van der Waals surface area contributed by atoms with Crippen LogP contribution in [0.4, 0.5) is 4.39 Å². The highest BCUT2D eigenvalue weighted by molar-refractivity contribution is 5.24. The van der Waals surface area contributed by atoms with Gasteiger partial charge in [0.2, 0.25) is 0 Å². The van der Waals surface area contributed by atoms with Gasteiger partial charge >= 0.3 is 0 Å². The lowest BCUT2D eigenvalue weighted by Crippen LogP contribution is -2.57. The Hall–Kier alpha value is -0.890. The number of hydrogen-bond donors (Lipinski definition) is 1. The molecule has 0 spiro atoms. The van der Waals surface area contributed by atoms with Gasteiger partial charge in [0.25, 0.3) is 0 Å². The van der Waals surface area contributed by atoms with Crippen molar-refractivity contribution in [3.05, 3.63) is 35.4 Å². The Kier molecular flexibility index (Phi) is 2.55.